The number of aromatic nitrogens is 5. The molecule has 4 aromatic heterocycles. The molecule has 0 unspecified atom stereocenters. The number of benzene rings is 9. The van der Waals surface area contributed by atoms with E-state index in [1.807, 2.05) is 36.4 Å². The highest BCUT2D eigenvalue weighted by molar-refractivity contribution is 7.26. The Morgan fingerprint density at radius 3 is 1.53 bits per heavy atom. The summed E-state index contributed by atoms with van der Waals surface area (Å²) in [7, 11) is 0. The van der Waals surface area contributed by atoms with Crippen molar-refractivity contribution in [3.63, 3.8) is 0 Å². The fourth-order valence-electron chi connectivity index (χ4n) is 9.05. The highest BCUT2D eigenvalue weighted by Crippen LogP contribution is 2.44. The molecule has 9 aromatic carbocycles. The number of thiophene rings is 2. The molecule has 4 heterocycles. The molecule has 7 heteroatoms. The molecule has 0 aliphatic carbocycles. The number of rotatable bonds is 5. The van der Waals surface area contributed by atoms with E-state index in [0.29, 0.717) is 17.5 Å². The van der Waals surface area contributed by atoms with E-state index in [0.717, 1.165) is 65.7 Å². The van der Waals surface area contributed by atoms with Crippen molar-refractivity contribution in [1.82, 2.24) is 24.9 Å². The van der Waals surface area contributed by atoms with Gasteiger partial charge in [-0.2, -0.15) is 0 Å². The van der Waals surface area contributed by atoms with Gasteiger partial charge in [-0.05, 0) is 56.6 Å². The van der Waals surface area contributed by atoms with Gasteiger partial charge < -0.3 is 0 Å². The van der Waals surface area contributed by atoms with Crippen LogP contribution >= 0.6 is 22.7 Å². The van der Waals surface area contributed by atoms with Gasteiger partial charge in [0.15, 0.2) is 23.3 Å². The number of hydrogen-bond acceptors (Lipinski definition) is 7. The summed E-state index contributed by atoms with van der Waals surface area (Å²) in [6.45, 7) is 0. The number of fused-ring (bicyclic) bond motifs is 12. The number of hydrogen-bond donors (Lipinski definition) is 0. The molecule has 0 aliphatic heterocycles. The molecule has 0 saturated carbocycles. The maximum Gasteiger partial charge on any atom is 0.164 e. The SMILES string of the molecule is c1ccc(-c2nc(-c3ccc4c5ccccc5c5ccccc5c4c3)nc(-c3cccc4sc5cc(-c6nc(-c7ccccc7)nc7c6sc6ccccc67)ccc5c34)n2)cc1. The van der Waals surface area contributed by atoms with Crippen molar-refractivity contribution in [3.05, 3.63) is 188 Å². The maximum atomic E-state index is 5.31. The second kappa shape index (κ2) is 13.9. The molecule has 0 fully saturated rings. The monoisotopic (exact) mass is 825 g/mol. The Morgan fingerprint density at radius 1 is 0.290 bits per heavy atom. The predicted octanol–water partition coefficient (Wildman–Crippen LogP) is 15.2. The smallest absolute Gasteiger partial charge is 0.164 e. The van der Waals surface area contributed by atoms with E-state index in [9.17, 15) is 0 Å². The normalized spacial score (nSPS) is 11.9. The molecule has 5 nitrogen and oxygen atoms in total. The molecule has 0 spiro atoms. The van der Waals surface area contributed by atoms with Crippen molar-refractivity contribution in [3.8, 4) is 56.8 Å². The predicted molar refractivity (Wildman–Crippen MR) is 261 cm³/mol. The highest BCUT2D eigenvalue weighted by Gasteiger charge is 2.21. The first kappa shape index (κ1) is 35.1. The summed E-state index contributed by atoms with van der Waals surface area (Å²) in [6, 6.07) is 66.2. The van der Waals surface area contributed by atoms with Gasteiger partial charge in [-0.1, -0.05) is 164 Å². The lowest BCUT2D eigenvalue weighted by Gasteiger charge is -2.13. The van der Waals surface area contributed by atoms with E-state index in [-0.39, 0.29) is 0 Å². The first-order valence-corrected chi connectivity index (χ1v) is 22.2. The molecule has 0 saturated heterocycles. The van der Waals surface area contributed by atoms with E-state index < -0.39 is 0 Å². The average molecular weight is 826 g/mol. The van der Waals surface area contributed by atoms with Crippen molar-refractivity contribution in [2.75, 3.05) is 0 Å². The Kier molecular flexibility index (Phi) is 7.88. The second-order valence-corrected chi connectivity index (χ2v) is 17.7. The minimum absolute atomic E-state index is 0.636. The molecule has 0 bridgehead atoms. The Labute approximate surface area is 363 Å². The van der Waals surface area contributed by atoms with E-state index in [4.69, 9.17) is 24.9 Å². The van der Waals surface area contributed by atoms with E-state index in [1.54, 1.807) is 22.7 Å². The molecule has 62 heavy (non-hydrogen) atoms. The van der Waals surface area contributed by atoms with Crippen LogP contribution in [0.25, 0.3) is 130 Å². The lowest BCUT2D eigenvalue weighted by molar-refractivity contribution is 1.08. The summed E-state index contributed by atoms with van der Waals surface area (Å²) in [5, 5.41) is 10.7. The first-order valence-electron chi connectivity index (χ1n) is 20.6. The third-order valence-electron chi connectivity index (χ3n) is 11.9. The first-order chi connectivity index (χ1) is 30.7. The Bertz CT molecular complexity index is 3900. The van der Waals surface area contributed by atoms with E-state index >= 15 is 0 Å². The summed E-state index contributed by atoms with van der Waals surface area (Å²) in [6.07, 6.45) is 0. The molecule has 0 N–H and O–H groups in total. The van der Waals surface area contributed by atoms with Gasteiger partial charge in [0, 0.05) is 58.1 Å². The molecule has 13 aromatic rings. The Balaban J connectivity index is 1.00. The van der Waals surface area contributed by atoms with Gasteiger partial charge in [0.05, 0.1) is 15.9 Å². The topological polar surface area (TPSA) is 64.5 Å². The second-order valence-electron chi connectivity index (χ2n) is 15.6. The van der Waals surface area contributed by atoms with Crippen molar-refractivity contribution < 1.29 is 0 Å². The van der Waals surface area contributed by atoms with E-state index in [2.05, 4.69) is 152 Å². The van der Waals surface area contributed by atoms with Gasteiger partial charge >= 0.3 is 0 Å². The molecule has 0 amide bonds. The van der Waals surface area contributed by atoms with E-state index in [1.165, 1.54) is 46.4 Å². The van der Waals surface area contributed by atoms with Crippen LogP contribution in [0, 0.1) is 0 Å². The van der Waals surface area contributed by atoms with Crippen molar-refractivity contribution in [2.24, 2.45) is 0 Å². The average Bonchev–Trinajstić information content (AvgIpc) is 3.92. The van der Waals surface area contributed by atoms with Crippen LogP contribution in [0.2, 0.25) is 0 Å². The zero-order valence-corrected chi connectivity index (χ0v) is 34.6. The van der Waals surface area contributed by atoms with Crippen LogP contribution < -0.4 is 0 Å². The van der Waals surface area contributed by atoms with Gasteiger partial charge in [-0.15, -0.1) is 22.7 Å². The van der Waals surface area contributed by atoms with Crippen molar-refractivity contribution >= 4 is 95.5 Å². The lowest BCUT2D eigenvalue weighted by atomic mass is 9.93. The summed E-state index contributed by atoms with van der Waals surface area (Å²) < 4.78 is 4.63. The van der Waals surface area contributed by atoms with Crippen LogP contribution in [0.5, 0.6) is 0 Å². The van der Waals surface area contributed by atoms with Crippen molar-refractivity contribution in [2.45, 2.75) is 0 Å². The summed E-state index contributed by atoms with van der Waals surface area (Å²) in [5.74, 6) is 2.64. The number of nitrogens with zero attached hydrogens (tertiary/aromatic N) is 5. The Morgan fingerprint density at radius 2 is 0.823 bits per heavy atom. The largest absolute Gasteiger partial charge is 0.226 e. The highest BCUT2D eigenvalue weighted by atomic mass is 32.1. The minimum Gasteiger partial charge on any atom is -0.226 e. The van der Waals surface area contributed by atoms with Crippen LogP contribution in [-0.2, 0) is 0 Å². The van der Waals surface area contributed by atoms with Crippen molar-refractivity contribution in [1.29, 1.82) is 0 Å². The third-order valence-corrected chi connectivity index (χ3v) is 14.2. The fraction of sp³-hybridized carbons (Fsp3) is 0. The molecule has 0 atom stereocenters. The quantitative estimate of drug-likeness (QED) is 0.162. The van der Waals surface area contributed by atoms with Crippen LogP contribution in [0.3, 0.4) is 0 Å². The van der Waals surface area contributed by atoms with Gasteiger partial charge in [0.1, 0.15) is 0 Å². The summed E-state index contributed by atoms with van der Waals surface area (Å²) in [4.78, 5) is 26.1. The molecule has 288 valence electrons. The van der Waals surface area contributed by atoms with Gasteiger partial charge in [-0.25, -0.2) is 24.9 Å². The molecule has 0 radical (unpaired) electrons. The zero-order chi connectivity index (χ0) is 40.7. The minimum atomic E-state index is 0.636. The van der Waals surface area contributed by atoms with Gasteiger partial charge in [0.2, 0.25) is 0 Å². The Hall–Kier alpha value is -7.71. The molecule has 13 rings (SSSR count). The van der Waals surface area contributed by atoms with Crippen LogP contribution in [0.15, 0.2) is 188 Å². The van der Waals surface area contributed by atoms with Crippen LogP contribution in [-0.4, -0.2) is 24.9 Å². The fourth-order valence-corrected chi connectivity index (χ4v) is 11.4. The molecular weight excluding hydrogens is 795 g/mol. The summed E-state index contributed by atoms with van der Waals surface area (Å²) >= 11 is 3.54. The summed E-state index contributed by atoms with van der Waals surface area (Å²) in [5.41, 5.74) is 6.84. The molecule has 0 aliphatic rings. The van der Waals surface area contributed by atoms with Crippen LogP contribution in [0.1, 0.15) is 0 Å². The lowest BCUT2D eigenvalue weighted by Crippen LogP contribution is -2.00. The zero-order valence-electron chi connectivity index (χ0n) is 33.0. The third kappa shape index (κ3) is 5.56. The maximum absolute atomic E-state index is 5.31. The van der Waals surface area contributed by atoms with Crippen LogP contribution in [0.4, 0.5) is 0 Å². The molecular formula is C55H31N5S2. The van der Waals surface area contributed by atoms with Gasteiger partial charge in [0.25, 0.3) is 0 Å². The standard InChI is InChI=1S/C55H31N5S2/c1-3-14-32(15-4-1)52-56-49(51-50(57-52)42-22-11-12-24-45(42)62-51)34-26-29-41-47(31-34)61-46-25-13-23-43(48(41)46)55-59-53(33-16-5-2-6-17-33)58-54(60-55)35-27-28-40-38-20-8-7-18-36(38)37-19-9-10-21-39(37)44(40)30-35/h1-31H. The van der Waals surface area contributed by atoms with Gasteiger partial charge in [-0.3, -0.25) is 0 Å².